The Morgan fingerprint density at radius 3 is 2.71 bits per heavy atom. The summed E-state index contributed by atoms with van der Waals surface area (Å²) in [6.07, 6.45) is 4.34. The first kappa shape index (κ1) is 14.0. The highest BCUT2D eigenvalue weighted by atomic mass is 16.6. The highest BCUT2D eigenvalue weighted by Crippen LogP contribution is 2.20. The molecule has 0 aromatic carbocycles. The lowest BCUT2D eigenvalue weighted by Crippen LogP contribution is -2.39. The maximum atomic E-state index is 11.9. The Balaban J connectivity index is 2.55. The average molecular weight is 241 g/mol. The Morgan fingerprint density at radius 1 is 1.41 bits per heavy atom. The molecular formula is C13H23NO3. The topological polar surface area (TPSA) is 46.6 Å². The molecule has 0 aromatic heterocycles. The van der Waals surface area contributed by atoms with Gasteiger partial charge in [-0.3, -0.25) is 0 Å². The number of hydrogen-bond acceptors (Lipinski definition) is 3. The van der Waals surface area contributed by atoms with Crippen LogP contribution in [0.4, 0.5) is 4.79 Å². The van der Waals surface area contributed by atoms with Gasteiger partial charge in [-0.1, -0.05) is 6.42 Å². The van der Waals surface area contributed by atoms with Crippen molar-refractivity contribution < 1.29 is 14.3 Å². The molecular weight excluding hydrogens is 218 g/mol. The summed E-state index contributed by atoms with van der Waals surface area (Å²) in [4.78, 5) is 24.2. The highest BCUT2D eigenvalue weighted by Gasteiger charge is 2.25. The largest absolute Gasteiger partial charge is 0.444 e. The van der Waals surface area contributed by atoms with Crippen LogP contribution in [-0.4, -0.2) is 36.0 Å². The summed E-state index contributed by atoms with van der Waals surface area (Å²) in [6.45, 7) is 6.99. The zero-order valence-electron chi connectivity index (χ0n) is 11.1. The van der Waals surface area contributed by atoms with Crippen molar-refractivity contribution in [2.24, 2.45) is 5.92 Å². The highest BCUT2D eigenvalue weighted by molar-refractivity contribution is 5.68. The van der Waals surface area contributed by atoms with Crippen LogP contribution in [0.5, 0.6) is 0 Å². The summed E-state index contributed by atoms with van der Waals surface area (Å²) in [5, 5.41) is 0. The summed E-state index contributed by atoms with van der Waals surface area (Å²) in [5.41, 5.74) is -0.455. The number of nitrogens with zero attached hydrogens (tertiary/aromatic N) is 1. The van der Waals surface area contributed by atoms with E-state index in [0.29, 0.717) is 18.9 Å². The van der Waals surface area contributed by atoms with Crippen molar-refractivity contribution >= 4 is 12.4 Å². The lowest BCUT2D eigenvalue weighted by atomic mass is 10.0. The van der Waals surface area contributed by atoms with Gasteiger partial charge in [-0.05, 0) is 39.5 Å². The molecule has 1 aliphatic rings. The molecule has 0 radical (unpaired) electrons. The van der Waals surface area contributed by atoms with Gasteiger partial charge in [-0.2, -0.15) is 0 Å². The molecule has 98 valence electrons. The summed E-state index contributed by atoms with van der Waals surface area (Å²) >= 11 is 0. The van der Waals surface area contributed by atoms with Gasteiger partial charge in [-0.15, -0.1) is 0 Å². The number of hydrogen-bond donors (Lipinski definition) is 0. The van der Waals surface area contributed by atoms with E-state index in [4.69, 9.17) is 4.74 Å². The van der Waals surface area contributed by atoms with Crippen LogP contribution in [0.25, 0.3) is 0 Å². The van der Waals surface area contributed by atoms with Gasteiger partial charge in [0.15, 0.2) is 0 Å². The SMILES string of the molecule is CC(C)(C)OC(=O)N1CCCCC(CC=O)C1. The minimum atomic E-state index is -0.455. The van der Waals surface area contributed by atoms with Gasteiger partial charge in [-0.25, -0.2) is 4.79 Å². The summed E-state index contributed by atoms with van der Waals surface area (Å²) in [6, 6.07) is 0. The molecule has 1 fully saturated rings. The van der Waals surface area contributed by atoms with Crippen molar-refractivity contribution in [1.82, 2.24) is 4.90 Å². The van der Waals surface area contributed by atoms with E-state index < -0.39 is 5.60 Å². The fourth-order valence-electron chi connectivity index (χ4n) is 2.05. The molecule has 1 amide bonds. The monoisotopic (exact) mass is 241 g/mol. The Labute approximate surface area is 103 Å². The number of carbonyl (C=O) groups excluding carboxylic acids is 2. The van der Waals surface area contributed by atoms with Gasteiger partial charge in [0.2, 0.25) is 0 Å². The third kappa shape index (κ3) is 5.20. The van der Waals surface area contributed by atoms with Gasteiger partial charge in [0.05, 0.1) is 0 Å². The van der Waals surface area contributed by atoms with Crippen LogP contribution < -0.4 is 0 Å². The van der Waals surface area contributed by atoms with Crippen molar-refractivity contribution in [3.63, 3.8) is 0 Å². The van der Waals surface area contributed by atoms with Gasteiger partial charge in [0, 0.05) is 19.5 Å². The van der Waals surface area contributed by atoms with Crippen LogP contribution in [-0.2, 0) is 9.53 Å². The van der Waals surface area contributed by atoms with Crippen LogP contribution in [0.2, 0.25) is 0 Å². The van der Waals surface area contributed by atoms with Crippen molar-refractivity contribution in [1.29, 1.82) is 0 Å². The van der Waals surface area contributed by atoms with Crippen LogP contribution in [0, 0.1) is 5.92 Å². The molecule has 1 aliphatic heterocycles. The standard InChI is InChI=1S/C13H23NO3/c1-13(2,3)17-12(16)14-8-5-4-6-11(10-14)7-9-15/h9,11H,4-8,10H2,1-3H3. The molecule has 1 heterocycles. The van der Waals surface area contributed by atoms with E-state index in [1.165, 1.54) is 0 Å². The van der Waals surface area contributed by atoms with Crippen LogP contribution in [0.1, 0.15) is 46.5 Å². The number of rotatable bonds is 2. The predicted octanol–water partition coefficient (Wildman–Crippen LogP) is 2.61. The second-order valence-electron chi connectivity index (χ2n) is 5.69. The van der Waals surface area contributed by atoms with Gasteiger partial charge < -0.3 is 14.4 Å². The van der Waals surface area contributed by atoms with Gasteiger partial charge in [0.25, 0.3) is 0 Å². The molecule has 4 nitrogen and oxygen atoms in total. The summed E-state index contributed by atoms with van der Waals surface area (Å²) in [7, 11) is 0. The van der Waals surface area contributed by atoms with E-state index in [1.807, 2.05) is 20.8 Å². The lowest BCUT2D eigenvalue weighted by Gasteiger charge is -2.27. The van der Waals surface area contributed by atoms with Crippen LogP contribution >= 0.6 is 0 Å². The van der Waals surface area contributed by atoms with E-state index in [1.54, 1.807) is 4.90 Å². The first-order valence-electron chi connectivity index (χ1n) is 6.34. The fourth-order valence-corrected chi connectivity index (χ4v) is 2.05. The quantitative estimate of drug-likeness (QED) is 0.698. The molecule has 1 rings (SSSR count). The predicted molar refractivity (Wildman–Crippen MR) is 65.8 cm³/mol. The Hall–Kier alpha value is -1.06. The molecule has 0 N–H and O–H groups in total. The second kappa shape index (κ2) is 6.03. The Bertz CT molecular complexity index is 270. The molecule has 17 heavy (non-hydrogen) atoms. The van der Waals surface area contributed by atoms with Crippen molar-refractivity contribution in [3.05, 3.63) is 0 Å². The zero-order chi connectivity index (χ0) is 12.9. The molecule has 1 atom stereocenters. The smallest absolute Gasteiger partial charge is 0.410 e. The third-order valence-electron chi connectivity index (χ3n) is 2.85. The molecule has 0 spiro atoms. The zero-order valence-corrected chi connectivity index (χ0v) is 11.1. The molecule has 0 bridgehead atoms. The number of aldehydes is 1. The van der Waals surface area contributed by atoms with E-state index in [9.17, 15) is 9.59 Å². The number of ether oxygens (including phenoxy) is 1. The molecule has 0 aliphatic carbocycles. The lowest BCUT2D eigenvalue weighted by molar-refractivity contribution is -0.108. The fraction of sp³-hybridized carbons (Fsp3) is 0.846. The second-order valence-corrected chi connectivity index (χ2v) is 5.69. The molecule has 1 unspecified atom stereocenters. The third-order valence-corrected chi connectivity index (χ3v) is 2.85. The summed E-state index contributed by atoms with van der Waals surface area (Å²) < 4.78 is 5.36. The van der Waals surface area contributed by atoms with Crippen molar-refractivity contribution in [2.45, 2.75) is 52.1 Å². The maximum absolute atomic E-state index is 11.9. The van der Waals surface area contributed by atoms with Gasteiger partial charge in [0.1, 0.15) is 11.9 Å². The molecule has 4 heteroatoms. The van der Waals surface area contributed by atoms with Crippen LogP contribution in [0.3, 0.4) is 0 Å². The average Bonchev–Trinajstić information content (AvgIpc) is 2.41. The van der Waals surface area contributed by atoms with E-state index >= 15 is 0 Å². The normalized spacial score (nSPS) is 21.8. The number of carbonyl (C=O) groups is 2. The minimum absolute atomic E-state index is 0.254. The Morgan fingerprint density at radius 2 is 2.12 bits per heavy atom. The van der Waals surface area contributed by atoms with E-state index in [0.717, 1.165) is 32.1 Å². The number of amides is 1. The summed E-state index contributed by atoms with van der Waals surface area (Å²) in [5.74, 6) is 0.294. The minimum Gasteiger partial charge on any atom is -0.444 e. The van der Waals surface area contributed by atoms with Crippen molar-refractivity contribution in [3.8, 4) is 0 Å². The first-order valence-corrected chi connectivity index (χ1v) is 6.34. The van der Waals surface area contributed by atoms with Crippen LogP contribution in [0.15, 0.2) is 0 Å². The molecule has 0 aromatic rings. The molecule has 1 saturated heterocycles. The molecule has 0 saturated carbocycles. The van der Waals surface area contributed by atoms with E-state index in [2.05, 4.69) is 0 Å². The number of likely N-dealkylation sites (tertiary alicyclic amines) is 1. The first-order chi connectivity index (χ1) is 7.92. The van der Waals surface area contributed by atoms with Gasteiger partial charge >= 0.3 is 6.09 Å². The van der Waals surface area contributed by atoms with E-state index in [-0.39, 0.29) is 6.09 Å². The van der Waals surface area contributed by atoms with Crippen molar-refractivity contribution in [2.75, 3.05) is 13.1 Å². The maximum Gasteiger partial charge on any atom is 0.410 e. The Kier molecular flexibility index (Phi) is 4.97.